The third-order valence-electron chi connectivity index (χ3n) is 6.03. The van der Waals surface area contributed by atoms with Gasteiger partial charge in [0.2, 0.25) is 0 Å². The molecule has 0 bridgehead atoms. The van der Waals surface area contributed by atoms with Gasteiger partial charge in [0.1, 0.15) is 5.41 Å². The Hall–Kier alpha value is -1.95. The average Bonchev–Trinajstić information content (AvgIpc) is 2.65. The first kappa shape index (κ1) is 21.3. The molecule has 2 fully saturated rings. The van der Waals surface area contributed by atoms with E-state index in [0.717, 1.165) is 11.1 Å². The second kappa shape index (κ2) is 7.63. The molecular weight excluding hydrogens is 439 g/mol. The van der Waals surface area contributed by atoms with Crippen LogP contribution in [0.5, 0.6) is 0 Å². The van der Waals surface area contributed by atoms with E-state index in [2.05, 4.69) is 10.6 Å². The summed E-state index contributed by atoms with van der Waals surface area (Å²) in [6.45, 7) is 3.90. The summed E-state index contributed by atoms with van der Waals surface area (Å²) < 4.78 is 0. The molecule has 156 valence electrons. The zero-order valence-electron chi connectivity index (χ0n) is 16.7. The van der Waals surface area contributed by atoms with E-state index in [0.29, 0.717) is 28.0 Å². The highest BCUT2D eigenvalue weighted by Crippen LogP contribution is 2.55. The maximum absolute atomic E-state index is 13.8. The largest absolute Gasteiger partial charge is 0.354 e. The number of hydrogen-bond donors (Lipinski definition) is 2. The van der Waals surface area contributed by atoms with Gasteiger partial charge in [0.25, 0.3) is 0 Å². The Bertz CT molecular complexity index is 974. The zero-order chi connectivity index (χ0) is 21.7. The number of carbonyl (C=O) groups is 2. The van der Waals surface area contributed by atoms with Crippen molar-refractivity contribution in [3.8, 4) is 0 Å². The molecule has 1 spiro atoms. The van der Waals surface area contributed by atoms with Gasteiger partial charge in [-0.1, -0.05) is 61.3 Å². The summed E-state index contributed by atoms with van der Waals surface area (Å²) in [5.74, 6) is -0.220. The van der Waals surface area contributed by atoms with Crippen LogP contribution < -0.4 is 10.6 Å². The number of ketones is 2. The average molecular weight is 461 g/mol. The van der Waals surface area contributed by atoms with Crippen LogP contribution in [0, 0.1) is 10.8 Å². The Morgan fingerprint density at radius 2 is 1.30 bits per heavy atom. The summed E-state index contributed by atoms with van der Waals surface area (Å²) in [7, 11) is 0. The molecule has 1 saturated heterocycles. The van der Waals surface area contributed by atoms with Gasteiger partial charge in [0, 0.05) is 22.9 Å². The smallest absolute Gasteiger partial charge is 0.167 e. The van der Waals surface area contributed by atoms with Crippen molar-refractivity contribution < 1.29 is 9.59 Å². The van der Waals surface area contributed by atoms with Crippen LogP contribution in [0.2, 0.25) is 10.0 Å². The SMILES string of the molecule is CC1(C)CC(=O)C2(C(=O)C1)C(c1cccc(Cl)c1)NC(=S)NC2c1cccc(Cl)c1. The van der Waals surface area contributed by atoms with E-state index in [9.17, 15) is 9.59 Å². The maximum atomic E-state index is 13.8. The van der Waals surface area contributed by atoms with Gasteiger partial charge in [-0.3, -0.25) is 9.59 Å². The molecule has 1 saturated carbocycles. The van der Waals surface area contributed by atoms with Gasteiger partial charge in [-0.05, 0) is 53.0 Å². The molecule has 2 aromatic carbocycles. The van der Waals surface area contributed by atoms with Gasteiger partial charge in [-0.2, -0.15) is 0 Å². The van der Waals surface area contributed by atoms with Gasteiger partial charge < -0.3 is 10.6 Å². The monoisotopic (exact) mass is 460 g/mol. The van der Waals surface area contributed by atoms with Crippen molar-refractivity contribution in [1.29, 1.82) is 0 Å². The Morgan fingerprint density at radius 1 is 0.867 bits per heavy atom. The first-order chi connectivity index (χ1) is 14.1. The van der Waals surface area contributed by atoms with Gasteiger partial charge in [0.05, 0.1) is 12.1 Å². The summed E-state index contributed by atoms with van der Waals surface area (Å²) in [6, 6.07) is 13.2. The molecule has 7 heteroatoms. The lowest BCUT2D eigenvalue weighted by molar-refractivity contribution is -0.154. The van der Waals surface area contributed by atoms with Crippen molar-refractivity contribution in [1.82, 2.24) is 10.6 Å². The van der Waals surface area contributed by atoms with Crippen LogP contribution in [-0.2, 0) is 9.59 Å². The fourth-order valence-electron chi connectivity index (χ4n) is 4.79. The fraction of sp³-hybridized carbons (Fsp3) is 0.348. The summed E-state index contributed by atoms with van der Waals surface area (Å²) >= 11 is 18.0. The van der Waals surface area contributed by atoms with Gasteiger partial charge in [0.15, 0.2) is 16.7 Å². The van der Waals surface area contributed by atoms with Crippen LogP contribution in [-0.4, -0.2) is 16.7 Å². The van der Waals surface area contributed by atoms with E-state index in [4.69, 9.17) is 35.4 Å². The van der Waals surface area contributed by atoms with Gasteiger partial charge in [-0.25, -0.2) is 0 Å². The van der Waals surface area contributed by atoms with E-state index >= 15 is 0 Å². The second-order valence-corrected chi connectivity index (χ2v) is 10.1. The molecule has 4 nitrogen and oxygen atoms in total. The Morgan fingerprint density at radius 3 is 1.70 bits per heavy atom. The minimum Gasteiger partial charge on any atom is -0.354 e. The summed E-state index contributed by atoms with van der Waals surface area (Å²) in [5, 5.41) is 7.86. The molecule has 0 aromatic heterocycles. The number of thiocarbonyl (C=S) groups is 1. The van der Waals surface area contributed by atoms with Crippen LogP contribution in [0.25, 0.3) is 0 Å². The molecule has 2 unspecified atom stereocenters. The number of Topliss-reactive ketones (excluding diaryl/α,β-unsaturated/α-hetero) is 2. The fourth-order valence-corrected chi connectivity index (χ4v) is 5.42. The first-order valence-electron chi connectivity index (χ1n) is 9.78. The topological polar surface area (TPSA) is 58.2 Å². The molecular formula is C23H22Cl2N2O2S. The predicted molar refractivity (Wildman–Crippen MR) is 123 cm³/mol. The number of halogens is 2. The quantitative estimate of drug-likeness (QED) is 0.476. The van der Waals surface area contributed by atoms with Crippen LogP contribution in [0.1, 0.15) is 49.9 Å². The highest BCUT2D eigenvalue weighted by molar-refractivity contribution is 7.80. The number of rotatable bonds is 2. The molecule has 2 atom stereocenters. The highest BCUT2D eigenvalue weighted by atomic mass is 35.5. The second-order valence-electron chi connectivity index (χ2n) is 8.83. The van der Waals surface area contributed by atoms with Crippen molar-refractivity contribution in [3.63, 3.8) is 0 Å². The normalized spacial score (nSPS) is 25.0. The van der Waals surface area contributed by atoms with E-state index in [1.807, 2.05) is 38.1 Å². The molecule has 1 aliphatic carbocycles. The van der Waals surface area contributed by atoms with Crippen molar-refractivity contribution in [2.75, 3.05) is 0 Å². The third kappa shape index (κ3) is 3.53. The van der Waals surface area contributed by atoms with Crippen molar-refractivity contribution >= 4 is 52.1 Å². The molecule has 0 radical (unpaired) electrons. The number of nitrogens with one attached hydrogen (secondary N) is 2. The predicted octanol–water partition coefficient (Wildman–Crippen LogP) is 5.20. The Kier molecular flexibility index (Phi) is 5.41. The standard InChI is InChI=1S/C23H22Cl2N2O2S/c1-22(2)11-17(28)23(18(29)12-22)19(13-5-3-7-15(24)9-13)26-21(30)27-20(23)14-6-4-8-16(25)10-14/h3-10,19-20H,11-12H2,1-2H3,(H2,26,27,30). The summed E-state index contributed by atoms with van der Waals surface area (Å²) in [6.07, 6.45) is 0.589. The highest BCUT2D eigenvalue weighted by Gasteiger charge is 2.63. The van der Waals surface area contributed by atoms with E-state index in [1.165, 1.54) is 0 Å². The van der Waals surface area contributed by atoms with Crippen LogP contribution in [0.3, 0.4) is 0 Å². The number of carbonyl (C=O) groups excluding carboxylic acids is 2. The van der Waals surface area contributed by atoms with Gasteiger partial charge >= 0.3 is 0 Å². The Labute approximate surface area is 191 Å². The molecule has 30 heavy (non-hydrogen) atoms. The van der Waals surface area contributed by atoms with Crippen molar-refractivity contribution in [3.05, 3.63) is 69.7 Å². The lowest BCUT2D eigenvalue weighted by Crippen LogP contribution is -2.66. The summed E-state index contributed by atoms with van der Waals surface area (Å²) in [5.41, 5.74) is -0.262. The third-order valence-corrected chi connectivity index (χ3v) is 6.73. The van der Waals surface area contributed by atoms with Crippen molar-refractivity contribution in [2.24, 2.45) is 10.8 Å². The molecule has 0 amide bonds. The maximum Gasteiger partial charge on any atom is 0.167 e. The molecule has 2 N–H and O–H groups in total. The minimum absolute atomic E-state index is 0.110. The Balaban J connectivity index is 1.96. The zero-order valence-corrected chi connectivity index (χ0v) is 19.0. The lowest BCUT2D eigenvalue weighted by atomic mass is 9.55. The molecule has 4 rings (SSSR count). The van der Waals surface area contributed by atoms with Crippen molar-refractivity contribution in [2.45, 2.75) is 38.8 Å². The molecule has 2 aromatic rings. The molecule has 2 aliphatic rings. The number of hydrogen-bond acceptors (Lipinski definition) is 3. The first-order valence-corrected chi connectivity index (χ1v) is 10.9. The number of benzene rings is 2. The minimum atomic E-state index is -1.37. The van der Waals surface area contributed by atoms with Gasteiger partial charge in [-0.15, -0.1) is 0 Å². The van der Waals surface area contributed by atoms with Crippen LogP contribution in [0.15, 0.2) is 48.5 Å². The lowest BCUT2D eigenvalue weighted by Gasteiger charge is -2.52. The summed E-state index contributed by atoms with van der Waals surface area (Å²) in [4.78, 5) is 27.7. The van der Waals surface area contributed by atoms with E-state index in [1.54, 1.807) is 24.3 Å². The molecule has 1 heterocycles. The van der Waals surface area contributed by atoms with Crippen LogP contribution in [0.4, 0.5) is 0 Å². The van der Waals surface area contributed by atoms with E-state index < -0.39 is 22.9 Å². The van der Waals surface area contributed by atoms with E-state index in [-0.39, 0.29) is 11.6 Å². The molecule has 1 aliphatic heterocycles. The van der Waals surface area contributed by atoms with Crippen LogP contribution >= 0.6 is 35.4 Å².